The van der Waals surface area contributed by atoms with Gasteiger partial charge in [0.2, 0.25) is 0 Å². The fraction of sp³-hybridized carbons (Fsp3) is 1.00. The SMILES string of the molecule is CCCC1CCC(N)C(C(CC)(CC)C2CC(N)CCC2CCC)C1. The molecule has 0 heterocycles. The van der Waals surface area contributed by atoms with Crippen LogP contribution < -0.4 is 11.5 Å². The molecule has 2 fully saturated rings. The number of hydrogen-bond acceptors (Lipinski definition) is 2. The molecule has 2 rings (SSSR count). The molecule has 2 aliphatic carbocycles. The van der Waals surface area contributed by atoms with E-state index in [9.17, 15) is 0 Å². The molecule has 0 aromatic carbocycles. The molecule has 0 bridgehead atoms. The van der Waals surface area contributed by atoms with Crippen LogP contribution in [0.5, 0.6) is 0 Å². The fourth-order valence-corrected chi connectivity index (χ4v) is 6.87. The maximum Gasteiger partial charge on any atom is 0.00727 e. The topological polar surface area (TPSA) is 52.0 Å². The second-order valence-corrected chi connectivity index (χ2v) is 9.41. The largest absolute Gasteiger partial charge is 0.328 e. The van der Waals surface area contributed by atoms with Gasteiger partial charge in [-0.25, -0.2) is 0 Å². The maximum absolute atomic E-state index is 6.80. The van der Waals surface area contributed by atoms with Gasteiger partial charge in [0.05, 0.1) is 0 Å². The van der Waals surface area contributed by atoms with Crippen molar-refractivity contribution in [1.82, 2.24) is 0 Å². The van der Waals surface area contributed by atoms with Crippen molar-refractivity contribution in [2.24, 2.45) is 40.6 Å². The van der Waals surface area contributed by atoms with Crippen LogP contribution in [0.3, 0.4) is 0 Å². The van der Waals surface area contributed by atoms with Gasteiger partial charge in [0.15, 0.2) is 0 Å². The summed E-state index contributed by atoms with van der Waals surface area (Å²) in [6, 6.07) is 0.829. The van der Waals surface area contributed by atoms with Gasteiger partial charge in [0.25, 0.3) is 0 Å². The first kappa shape index (κ1) is 21.2. The molecule has 2 nitrogen and oxygen atoms in total. The van der Waals surface area contributed by atoms with Crippen LogP contribution in [0.4, 0.5) is 0 Å². The summed E-state index contributed by atoms with van der Waals surface area (Å²) in [5.74, 6) is 3.29. The predicted molar refractivity (Wildman–Crippen MR) is 110 cm³/mol. The molecular formula is C23H46N2. The van der Waals surface area contributed by atoms with E-state index in [1.165, 1.54) is 77.0 Å². The second kappa shape index (κ2) is 9.74. The van der Waals surface area contributed by atoms with E-state index in [1.807, 2.05) is 0 Å². The van der Waals surface area contributed by atoms with E-state index in [-0.39, 0.29) is 0 Å². The summed E-state index contributed by atoms with van der Waals surface area (Å²) in [6.07, 6.45) is 15.8. The van der Waals surface area contributed by atoms with Crippen LogP contribution in [-0.4, -0.2) is 12.1 Å². The molecule has 0 saturated heterocycles. The molecule has 6 unspecified atom stereocenters. The van der Waals surface area contributed by atoms with Crippen LogP contribution in [-0.2, 0) is 0 Å². The Balaban J connectivity index is 2.30. The van der Waals surface area contributed by atoms with Crippen molar-refractivity contribution in [2.75, 3.05) is 0 Å². The lowest BCUT2D eigenvalue weighted by Gasteiger charge is -2.55. The standard InChI is InChI=1S/C23H46N2/c1-5-9-17-11-14-22(25)21(15-17)23(7-3,8-4)20-16-19(24)13-12-18(20)10-6-2/h17-22H,5-16,24-25H2,1-4H3. The van der Waals surface area contributed by atoms with Gasteiger partial charge in [-0.2, -0.15) is 0 Å². The van der Waals surface area contributed by atoms with Crippen LogP contribution in [0.25, 0.3) is 0 Å². The molecule has 0 spiro atoms. The highest BCUT2D eigenvalue weighted by atomic mass is 14.7. The molecule has 0 aromatic rings. The summed E-state index contributed by atoms with van der Waals surface area (Å²) >= 11 is 0. The number of rotatable bonds is 8. The van der Waals surface area contributed by atoms with Gasteiger partial charge < -0.3 is 11.5 Å². The highest BCUT2D eigenvalue weighted by Crippen LogP contribution is 2.56. The average molecular weight is 351 g/mol. The Morgan fingerprint density at radius 1 is 0.760 bits per heavy atom. The summed E-state index contributed by atoms with van der Waals surface area (Å²) in [6.45, 7) is 9.59. The molecule has 0 radical (unpaired) electrons. The zero-order chi connectivity index (χ0) is 18.4. The van der Waals surface area contributed by atoms with Gasteiger partial charge in [-0.3, -0.25) is 0 Å². The zero-order valence-electron chi connectivity index (χ0n) is 17.6. The van der Waals surface area contributed by atoms with Crippen molar-refractivity contribution in [3.63, 3.8) is 0 Å². The normalized spacial score (nSPS) is 37.2. The van der Waals surface area contributed by atoms with Gasteiger partial charge in [0.1, 0.15) is 0 Å². The molecule has 0 aliphatic heterocycles. The van der Waals surface area contributed by atoms with E-state index in [0.29, 0.717) is 23.4 Å². The smallest absolute Gasteiger partial charge is 0.00727 e. The quantitative estimate of drug-likeness (QED) is 0.574. The Kier molecular flexibility index (Phi) is 8.27. The van der Waals surface area contributed by atoms with Crippen molar-refractivity contribution in [1.29, 1.82) is 0 Å². The van der Waals surface area contributed by atoms with E-state index in [4.69, 9.17) is 11.5 Å². The Hall–Kier alpha value is -0.0800. The maximum atomic E-state index is 6.80. The van der Waals surface area contributed by atoms with E-state index >= 15 is 0 Å². The van der Waals surface area contributed by atoms with E-state index in [1.54, 1.807) is 0 Å². The minimum absolute atomic E-state index is 0.411. The molecule has 6 atom stereocenters. The lowest BCUT2D eigenvalue weighted by Crippen LogP contribution is -2.53. The molecule has 2 aliphatic rings. The van der Waals surface area contributed by atoms with Crippen molar-refractivity contribution < 1.29 is 0 Å². The first-order chi connectivity index (χ1) is 12.0. The number of nitrogens with two attached hydrogens (primary N) is 2. The van der Waals surface area contributed by atoms with Gasteiger partial charge in [-0.15, -0.1) is 0 Å². The van der Waals surface area contributed by atoms with Crippen molar-refractivity contribution in [3.05, 3.63) is 0 Å². The van der Waals surface area contributed by atoms with Crippen LogP contribution in [0.15, 0.2) is 0 Å². The molecule has 0 aromatic heterocycles. The summed E-state index contributed by atoms with van der Waals surface area (Å²) in [7, 11) is 0. The third kappa shape index (κ3) is 4.61. The second-order valence-electron chi connectivity index (χ2n) is 9.41. The van der Waals surface area contributed by atoms with Crippen LogP contribution in [0, 0.1) is 29.1 Å². The van der Waals surface area contributed by atoms with Gasteiger partial charge >= 0.3 is 0 Å². The van der Waals surface area contributed by atoms with Gasteiger partial charge in [0, 0.05) is 12.1 Å². The minimum atomic E-state index is 0.411. The monoisotopic (exact) mass is 350 g/mol. The lowest BCUT2D eigenvalue weighted by atomic mass is 9.51. The average Bonchev–Trinajstić information content (AvgIpc) is 2.61. The van der Waals surface area contributed by atoms with Crippen LogP contribution >= 0.6 is 0 Å². The Morgan fingerprint density at radius 2 is 1.44 bits per heavy atom. The molecule has 148 valence electrons. The Morgan fingerprint density at radius 3 is 2.04 bits per heavy atom. The highest BCUT2D eigenvalue weighted by Gasteiger charge is 2.50. The fourth-order valence-electron chi connectivity index (χ4n) is 6.87. The first-order valence-electron chi connectivity index (χ1n) is 11.5. The number of hydrogen-bond donors (Lipinski definition) is 2. The van der Waals surface area contributed by atoms with E-state index in [0.717, 1.165) is 17.8 Å². The van der Waals surface area contributed by atoms with Gasteiger partial charge in [-0.1, -0.05) is 53.4 Å². The Bertz CT molecular complexity index is 376. The summed E-state index contributed by atoms with van der Waals surface area (Å²) in [4.78, 5) is 0. The van der Waals surface area contributed by atoms with Crippen LogP contribution in [0.1, 0.15) is 105 Å². The Labute approximate surface area is 157 Å². The molecule has 4 N–H and O–H groups in total. The van der Waals surface area contributed by atoms with E-state index in [2.05, 4.69) is 27.7 Å². The molecule has 2 heteroatoms. The lowest BCUT2D eigenvalue weighted by molar-refractivity contribution is -0.0417. The van der Waals surface area contributed by atoms with Crippen molar-refractivity contribution in [3.8, 4) is 0 Å². The predicted octanol–water partition coefficient (Wildman–Crippen LogP) is 5.88. The summed E-state index contributed by atoms with van der Waals surface area (Å²) < 4.78 is 0. The summed E-state index contributed by atoms with van der Waals surface area (Å²) in [5.41, 5.74) is 13.7. The first-order valence-corrected chi connectivity index (χ1v) is 11.5. The van der Waals surface area contributed by atoms with Crippen molar-refractivity contribution in [2.45, 2.75) is 117 Å². The third-order valence-electron chi connectivity index (χ3n) is 8.20. The van der Waals surface area contributed by atoms with Crippen molar-refractivity contribution >= 4 is 0 Å². The highest BCUT2D eigenvalue weighted by molar-refractivity contribution is 5.01. The molecule has 25 heavy (non-hydrogen) atoms. The van der Waals surface area contributed by atoms with Gasteiger partial charge in [-0.05, 0) is 80.5 Å². The zero-order valence-corrected chi connectivity index (χ0v) is 17.6. The molecular weight excluding hydrogens is 304 g/mol. The summed E-state index contributed by atoms with van der Waals surface area (Å²) in [5, 5.41) is 0. The van der Waals surface area contributed by atoms with Crippen LogP contribution in [0.2, 0.25) is 0 Å². The third-order valence-corrected chi connectivity index (χ3v) is 8.20. The molecule has 2 saturated carbocycles. The molecule has 0 amide bonds. The van der Waals surface area contributed by atoms with E-state index < -0.39 is 0 Å². The minimum Gasteiger partial charge on any atom is -0.328 e.